The number of ether oxygens (including phenoxy) is 1. The van der Waals surface area contributed by atoms with Gasteiger partial charge in [-0.2, -0.15) is 0 Å². The Kier molecular flexibility index (Phi) is 6.43. The molecule has 0 aliphatic rings. The second-order valence-electron chi connectivity index (χ2n) is 3.74. The van der Waals surface area contributed by atoms with E-state index in [9.17, 15) is 4.79 Å². The zero-order valence-electron chi connectivity index (χ0n) is 9.95. The molecule has 0 spiro atoms. The second-order valence-corrected chi connectivity index (χ2v) is 4.52. The van der Waals surface area contributed by atoms with Crippen LogP contribution in [0.25, 0.3) is 0 Å². The van der Waals surface area contributed by atoms with E-state index in [1.54, 1.807) is 18.2 Å². The average Bonchev–Trinajstić information content (AvgIpc) is 2.33. The van der Waals surface area contributed by atoms with E-state index >= 15 is 0 Å². The number of rotatable bonds is 6. The van der Waals surface area contributed by atoms with Crippen molar-refractivity contribution < 1.29 is 14.6 Å². The summed E-state index contributed by atoms with van der Waals surface area (Å²) < 4.78 is 4.96. The summed E-state index contributed by atoms with van der Waals surface area (Å²) in [5.41, 5.74) is 0.309. The molecule has 100 valence electrons. The number of carbonyl (C=O) groups excluding carboxylic acids is 1. The molecule has 0 aliphatic carbocycles. The molecule has 0 bridgehead atoms. The van der Waals surface area contributed by atoms with Crippen LogP contribution in [0.15, 0.2) is 18.2 Å². The van der Waals surface area contributed by atoms with Gasteiger partial charge in [0.05, 0.1) is 28.3 Å². The number of nitrogens with one attached hydrogen (secondary N) is 1. The fraction of sp³-hybridized carbons (Fsp3) is 0.417. The van der Waals surface area contributed by atoms with Crippen LogP contribution in [0.2, 0.25) is 10.0 Å². The highest BCUT2D eigenvalue weighted by Crippen LogP contribution is 2.25. The van der Waals surface area contributed by atoms with Crippen LogP contribution in [0.3, 0.4) is 0 Å². The zero-order chi connectivity index (χ0) is 13.5. The van der Waals surface area contributed by atoms with Crippen LogP contribution in [0.1, 0.15) is 16.8 Å². The Morgan fingerprint density at radius 1 is 1.50 bits per heavy atom. The Hall–Kier alpha value is -0.810. The molecule has 1 aromatic rings. The molecule has 18 heavy (non-hydrogen) atoms. The summed E-state index contributed by atoms with van der Waals surface area (Å²) in [5, 5.41) is 12.2. The number of hydrogen-bond acceptors (Lipinski definition) is 3. The Bertz CT molecular complexity index is 406. The van der Waals surface area contributed by atoms with Gasteiger partial charge in [0.2, 0.25) is 0 Å². The van der Waals surface area contributed by atoms with Crippen LogP contribution >= 0.6 is 23.2 Å². The lowest BCUT2D eigenvalue weighted by Gasteiger charge is -2.17. The first kappa shape index (κ1) is 15.2. The molecule has 1 rings (SSSR count). The SMILES string of the molecule is COCC(CCO)NC(=O)c1cccc(Cl)c1Cl. The largest absolute Gasteiger partial charge is 0.396 e. The lowest BCUT2D eigenvalue weighted by Crippen LogP contribution is -2.38. The van der Waals surface area contributed by atoms with Crippen molar-refractivity contribution in [2.75, 3.05) is 20.3 Å². The normalized spacial score (nSPS) is 12.2. The molecule has 6 heteroatoms. The van der Waals surface area contributed by atoms with E-state index in [0.717, 1.165) is 0 Å². The monoisotopic (exact) mass is 291 g/mol. The lowest BCUT2D eigenvalue weighted by molar-refractivity contribution is 0.0879. The van der Waals surface area contributed by atoms with Gasteiger partial charge < -0.3 is 15.2 Å². The average molecular weight is 292 g/mol. The molecular formula is C12H15Cl2NO3. The molecule has 4 nitrogen and oxygen atoms in total. The van der Waals surface area contributed by atoms with Crippen molar-refractivity contribution in [1.82, 2.24) is 5.32 Å². The molecule has 1 unspecified atom stereocenters. The van der Waals surface area contributed by atoms with Crippen LogP contribution in [-0.2, 0) is 4.74 Å². The topological polar surface area (TPSA) is 58.6 Å². The molecular weight excluding hydrogens is 277 g/mol. The van der Waals surface area contributed by atoms with Gasteiger partial charge in [0.1, 0.15) is 0 Å². The van der Waals surface area contributed by atoms with Gasteiger partial charge >= 0.3 is 0 Å². The lowest BCUT2D eigenvalue weighted by atomic mass is 10.1. The summed E-state index contributed by atoms with van der Waals surface area (Å²) in [6.07, 6.45) is 0.414. The molecule has 0 saturated heterocycles. The van der Waals surface area contributed by atoms with Crippen LogP contribution in [0.4, 0.5) is 0 Å². The number of halogens is 2. The van der Waals surface area contributed by atoms with Gasteiger partial charge in [-0.1, -0.05) is 29.3 Å². The molecule has 1 atom stereocenters. The maximum atomic E-state index is 12.0. The predicted octanol–water partition coefficient (Wildman–Crippen LogP) is 2.12. The summed E-state index contributed by atoms with van der Waals surface area (Å²) in [6, 6.07) is 4.59. The number of aliphatic hydroxyl groups excluding tert-OH is 1. The second kappa shape index (κ2) is 7.59. The summed E-state index contributed by atoms with van der Waals surface area (Å²) in [4.78, 5) is 12.0. The van der Waals surface area contributed by atoms with E-state index in [-0.39, 0.29) is 23.6 Å². The van der Waals surface area contributed by atoms with Crippen molar-refractivity contribution in [3.63, 3.8) is 0 Å². The van der Waals surface area contributed by atoms with Crippen LogP contribution in [0, 0.1) is 0 Å². The van der Waals surface area contributed by atoms with Crippen molar-refractivity contribution in [2.24, 2.45) is 0 Å². The smallest absolute Gasteiger partial charge is 0.253 e. The quantitative estimate of drug-likeness (QED) is 0.844. The van der Waals surface area contributed by atoms with Gasteiger partial charge in [0, 0.05) is 13.7 Å². The summed E-state index contributed by atoms with van der Waals surface area (Å²) in [6.45, 7) is 0.294. The van der Waals surface area contributed by atoms with Crippen molar-refractivity contribution in [1.29, 1.82) is 0 Å². The fourth-order valence-electron chi connectivity index (χ4n) is 1.50. The van der Waals surface area contributed by atoms with E-state index in [1.807, 2.05) is 0 Å². The molecule has 1 aromatic carbocycles. The van der Waals surface area contributed by atoms with Gasteiger partial charge in [0.25, 0.3) is 5.91 Å². The van der Waals surface area contributed by atoms with E-state index in [4.69, 9.17) is 33.0 Å². The molecule has 0 saturated carbocycles. The van der Waals surface area contributed by atoms with Gasteiger partial charge in [-0.3, -0.25) is 4.79 Å². The maximum Gasteiger partial charge on any atom is 0.253 e. The van der Waals surface area contributed by atoms with Crippen LogP contribution in [0.5, 0.6) is 0 Å². The van der Waals surface area contributed by atoms with Crippen LogP contribution in [-0.4, -0.2) is 37.4 Å². The maximum absolute atomic E-state index is 12.0. The Labute approximate surface area is 116 Å². The van der Waals surface area contributed by atoms with Gasteiger partial charge in [-0.05, 0) is 18.6 Å². The van der Waals surface area contributed by atoms with Crippen molar-refractivity contribution in [3.05, 3.63) is 33.8 Å². The molecule has 0 fully saturated rings. The van der Waals surface area contributed by atoms with Crippen molar-refractivity contribution in [3.8, 4) is 0 Å². The molecule has 0 aromatic heterocycles. The molecule has 0 aliphatic heterocycles. The Morgan fingerprint density at radius 3 is 2.83 bits per heavy atom. The summed E-state index contributed by atoms with van der Waals surface area (Å²) >= 11 is 11.8. The number of amides is 1. The van der Waals surface area contributed by atoms with E-state index in [0.29, 0.717) is 23.6 Å². The molecule has 0 radical (unpaired) electrons. The highest BCUT2D eigenvalue weighted by molar-refractivity contribution is 6.43. The molecule has 2 N–H and O–H groups in total. The number of carbonyl (C=O) groups is 1. The van der Waals surface area contributed by atoms with E-state index < -0.39 is 0 Å². The van der Waals surface area contributed by atoms with Gasteiger partial charge in [-0.25, -0.2) is 0 Å². The first-order valence-electron chi connectivity index (χ1n) is 5.44. The van der Waals surface area contributed by atoms with E-state index in [2.05, 4.69) is 5.32 Å². The van der Waals surface area contributed by atoms with E-state index in [1.165, 1.54) is 7.11 Å². The number of hydrogen-bond donors (Lipinski definition) is 2. The standard InChI is InChI=1S/C12H15Cl2NO3/c1-18-7-8(5-6-16)15-12(17)9-3-2-4-10(13)11(9)14/h2-4,8,16H,5-7H2,1H3,(H,15,17). The summed E-state index contributed by atoms with van der Waals surface area (Å²) in [7, 11) is 1.53. The zero-order valence-corrected chi connectivity index (χ0v) is 11.5. The minimum absolute atomic E-state index is 0.0302. The highest BCUT2D eigenvalue weighted by atomic mass is 35.5. The highest BCUT2D eigenvalue weighted by Gasteiger charge is 2.16. The molecule has 1 amide bonds. The first-order chi connectivity index (χ1) is 8.60. The Balaban J connectivity index is 2.77. The van der Waals surface area contributed by atoms with Crippen molar-refractivity contribution >= 4 is 29.1 Å². The number of methoxy groups -OCH3 is 1. The molecule has 0 heterocycles. The third kappa shape index (κ3) is 4.14. The minimum atomic E-state index is -0.335. The van der Waals surface area contributed by atoms with Crippen LogP contribution < -0.4 is 5.32 Å². The third-order valence-electron chi connectivity index (χ3n) is 2.38. The van der Waals surface area contributed by atoms with Gasteiger partial charge in [0.15, 0.2) is 0 Å². The Morgan fingerprint density at radius 2 is 2.22 bits per heavy atom. The number of aliphatic hydroxyl groups is 1. The number of benzene rings is 1. The first-order valence-corrected chi connectivity index (χ1v) is 6.20. The predicted molar refractivity (Wildman–Crippen MR) is 71.3 cm³/mol. The summed E-state index contributed by atoms with van der Waals surface area (Å²) in [5.74, 6) is -0.335. The third-order valence-corrected chi connectivity index (χ3v) is 3.20. The fourth-order valence-corrected chi connectivity index (χ4v) is 1.88. The minimum Gasteiger partial charge on any atom is -0.396 e. The van der Waals surface area contributed by atoms with Crippen molar-refractivity contribution in [2.45, 2.75) is 12.5 Å². The van der Waals surface area contributed by atoms with Gasteiger partial charge in [-0.15, -0.1) is 0 Å².